The highest BCUT2D eigenvalue weighted by atomic mass is 16.3. The lowest BCUT2D eigenvalue weighted by Crippen LogP contribution is -2.07. The van der Waals surface area contributed by atoms with Gasteiger partial charge < -0.3 is 9.32 Å². The Hall–Kier alpha value is -2.55. The zero-order valence-electron chi connectivity index (χ0n) is 12.4. The van der Waals surface area contributed by atoms with E-state index in [4.69, 9.17) is 4.42 Å². The van der Waals surface area contributed by atoms with Gasteiger partial charge in [-0.3, -0.25) is 4.79 Å². The molecule has 0 N–H and O–H groups in total. The Labute approximate surface area is 123 Å². The second-order valence-electron chi connectivity index (χ2n) is 5.42. The normalized spacial score (nSPS) is 10.8. The summed E-state index contributed by atoms with van der Waals surface area (Å²) in [5.74, 6) is 0.294. The molecule has 1 heterocycles. The topological polar surface area (TPSA) is 33.5 Å². The summed E-state index contributed by atoms with van der Waals surface area (Å²) in [7, 11) is 3.95. The molecule has 0 aliphatic heterocycles. The van der Waals surface area contributed by atoms with E-state index in [9.17, 15) is 4.79 Å². The van der Waals surface area contributed by atoms with Crippen LogP contribution < -0.4 is 4.90 Å². The van der Waals surface area contributed by atoms with E-state index in [-0.39, 0.29) is 5.78 Å². The van der Waals surface area contributed by atoms with Crippen LogP contribution in [0.2, 0.25) is 0 Å². The van der Waals surface area contributed by atoms with Crippen LogP contribution in [0.25, 0.3) is 11.0 Å². The number of aryl methyl sites for hydroxylation is 1. The molecule has 0 bridgehead atoms. The van der Waals surface area contributed by atoms with Gasteiger partial charge in [-0.05, 0) is 25.1 Å². The van der Waals surface area contributed by atoms with E-state index in [0.717, 1.165) is 22.2 Å². The second-order valence-corrected chi connectivity index (χ2v) is 5.42. The molecule has 0 atom stereocenters. The van der Waals surface area contributed by atoms with Gasteiger partial charge >= 0.3 is 0 Å². The van der Waals surface area contributed by atoms with Crippen LogP contribution in [0.1, 0.15) is 21.7 Å². The number of carbonyl (C=O) groups is 1. The highest BCUT2D eigenvalue weighted by molar-refractivity contribution is 6.09. The molecule has 21 heavy (non-hydrogen) atoms. The van der Waals surface area contributed by atoms with Crippen molar-refractivity contribution in [3.63, 3.8) is 0 Å². The fourth-order valence-corrected chi connectivity index (χ4v) is 2.26. The van der Waals surface area contributed by atoms with E-state index in [1.54, 1.807) is 6.07 Å². The maximum Gasteiger partial charge on any atom is 0.228 e. The summed E-state index contributed by atoms with van der Waals surface area (Å²) < 4.78 is 5.73. The van der Waals surface area contributed by atoms with Gasteiger partial charge in [-0.15, -0.1) is 0 Å². The summed E-state index contributed by atoms with van der Waals surface area (Å²) in [5, 5.41) is 0.941. The summed E-state index contributed by atoms with van der Waals surface area (Å²) in [6.45, 7) is 2.00. The molecule has 3 aromatic rings. The molecule has 0 unspecified atom stereocenters. The summed E-state index contributed by atoms with van der Waals surface area (Å²) in [6, 6.07) is 15.3. The lowest BCUT2D eigenvalue weighted by Gasteiger charge is -2.11. The summed E-state index contributed by atoms with van der Waals surface area (Å²) in [6.07, 6.45) is 0. The van der Waals surface area contributed by atoms with Crippen LogP contribution in [0.15, 0.2) is 52.9 Å². The summed E-state index contributed by atoms with van der Waals surface area (Å²) in [5.41, 5.74) is 3.56. The number of furan rings is 1. The van der Waals surface area contributed by atoms with Gasteiger partial charge in [0.1, 0.15) is 5.58 Å². The fraction of sp³-hybridized carbons (Fsp3) is 0.167. The number of fused-ring (bicyclic) bond motifs is 1. The van der Waals surface area contributed by atoms with Gasteiger partial charge in [0.25, 0.3) is 0 Å². The maximum absolute atomic E-state index is 12.4. The highest BCUT2D eigenvalue weighted by Gasteiger charge is 2.14. The molecule has 3 heteroatoms. The van der Waals surface area contributed by atoms with Gasteiger partial charge in [0, 0.05) is 36.8 Å². The quantitative estimate of drug-likeness (QED) is 0.678. The second kappa shape index (κ2) is 5.09. The van der Waals surface area contributed by atoms with Crippen molar-refractivity contribution in [3.05, 3.63) is 65.4 Å². The van der Waals surface area contributed by atoms with E-state index in [2.05, 4.69) is 0 Å². The number of nitrogens with zero attached hydrogens (tertiary/aromatic N) is 1. The average Bonchev–Trinajstić information content (AvgIpc) is 2.90. The van der Waals surface area contributed by atoms with Crippen molar-refractivity contribution in [2.75, 3.05) is 19.0 Å². The molecule has 1 aromatic heterocycles. The van der Waals surface area contributed by atoms with Gasteiger partial charge in [-0.25, -0.2) is 0 Å². The number of rotatable bonds is 3. The maximum atomic E-state index is 12.4. The molecule has 0 saturated heterocycles. The molecular weight excluding hydrogens is 262 g/mol. The standard InChI is InChI=1S/C18H17NO2/c1-12-4-6-13(7-5-12)18(20)17-10-14-8-9-15(19(2)3)11-16(14)21-17/h4-11H,1-3H3. The Balaban J connectivity index is 2.00. The van der Waals surface area contributed by atoms with Crippen LogP contribution in [0, 0.1) is 6.92 Å². The number of ketones is 1. The van der Waals surface area contributed by atoms with Crippen molar-refractivity contribution < 1.29 is 9.21 Å². The van der Waals surface area contributed by atoms with E-state index in [1.807, 2.05) is 68.4 Å². The first-order valence-corrected chi connectivity index (χ1v) is 6.87. The van der Waals surface area contributed by atoms with E-state index in [1.165, 1.54) is 0 Å². The first-order chi connectivity index (χ1) is 10.0. The number of hydrogen-bond donors (Lipinski definition) is 0. The molecule has 0 fully saturated rings. The molecule has 106 valence electrons. The van der Waals surface area contributed by atoms with E-state index < -0.39 is 0 Å². The minimum Gasteiger partial charge on any atom is -0.452 e. The van der Waals surface area contributed by atoms with Crippen molar-refractivity contribution in [3.8, 4) is 0 Å². The lowest BCUT2D eigenvalue weighted by atomic mass is 10.1. The fourth-order valence-electron chi connectivity index (χ4n) is 2.26. The molecule has 0 amide bonds. The SMILES string of the molecule is Cc1ccc(C(=O)c2cc3ccc(N(C)C)cc3o2)cc1. The predicted molar refractivity (Wildman–Crippen MR) is 85.2 cm³/mol. The smallest absolute Gasteiger partial charge is 0.228 e. The molecule has 0 radical (unpaired) electrons. The summed E-state index contributed by atoms with van der Waals surface area (Å²) >= 11 is 0. The summed E-state index contributed by atoms with van der Waals surface area (Å²) in [4.78, 5) is 14.4. The predicted octanol–water partition coefficient (Wildman–Crippen LogP) is 4.04. The lowest BCUT2D eigenvalue weighted by molar-refractivity contribution is 0.101. The molecular formula is C18H17NO2. The first-order valence-electron chi connectivity index (χ1n) is 6.87. The van der Waals surface area contributed by atoms with E-state index in [0.29, 0.717) is 11.3 Å². The highest BCUT2D eigenvalue weighted by Crippen LogP contribution is 2.25. The van der Waals surface area contributed by atoms with Crippen molar-refractivity contribution >= 4 is 22.4 Å². The third kappa shape index (κ3) is 2.55. The number of hydrogen-bond acceptors (Lipinski definition) is 3. The first kappa shape index (κ1) is 13.4. The third-order valence-corrected chi connectivity index (χ3v) is 3.56. The molecule has 2 aromatic carbocycles. The Morgan fingerprint density at radius 3 is 2.38 bits per heavy atom. The third-order valence-electron chi connectivity index (χ3n) is 3.56. The van der Waals surface area contributed by atoms with Crippen LogP contribution in [0.3, 0.4) is 0 Å². The largest absolute Gasteiger partial charge is 0.452 e. The molecule has 3 nitrogen and oxygen atoms in total. The van der Waals surface area contributed by atoms with Gasteiger partial charge in [0.05, 0.1) is 0 Å². The zero-order chi connectivity index (χ0) is 15.0. The minimum absolute atomic E-state index is 0.0856. The molecule has 0 saturated carbocycles. The van der Waals surface area contributed by atoms with Gasteiger partial charge in [-0.2, -0.15) is 0 Å². The van der Waals surface area contributed by atoms with E-state index >= 15 is 0 Å². The molecule has 3 rings (SSSR count). The molecule has 0 aliphatic rings. The minimum atomic E-state index is -0.0856. The number of anilines is 1. The zero-order valence-corrected chi connectivity index (χ0v) is 12.4. The van der Waals surface area contributed by atoms with Gasteiger partial charge in [0.2, 0.25) is 5.78 Å². The van der Waals surface area contributed by atoms with Crippen molar-refractivity contribution in [2.24, 2.45) is 0 Å². The van der Waals surface area contributed by atoms with Crippen LogP contribution in [0.5, 0.6) is 0 Å². The van der Waals surface area contributed by atoms with Crippen LogP contribution in [-0.4, -0.2) is 19.9 Å². The average molecular weight is 279 g/mol. The Morgan fingerprint density at radius 1 is 1.00 bits per heavy atom. The van der Waals surface area contributed by atoms with Crippen LogP contribution in [-0.2, 0) is 0 Å². The van der Waals surface area contributed by atoms with Crippen molar-refractivity contribution in [1.29, 1.82) is 0 Å². The number of benzene rings is 2. The Bertz CT molecular complexity index is 798. The van der Waals surface area contributed by atoms with Crippen LogP contribution >= 0.6 is 0 Å². The van der Waals surface area contributed by atoms with Gasteiger partial charge in [-0.1, -0.05) is 29.8 Å². The molecule has 0 aliphatic carbocycles. The van der Waals surface area contributed by atoms with Crippen molar-refractivity contribution in [2.45, 2.75) is 6.92 Å². The van der Waals surface area contributed by atoms with Crippen LogP contribution in [0.4, 0.5) is 5.69 Å². The monoisotopic (exact) mass is 279 g/mol. The Morgan fingerprint density at radius 2 is 1.71 bits per heavy atom. The Kier molecular flexibility index (Phi) is 3.26. The number of carbonyl (C=O) groups excluding carboxylic acids is 1. The molecule has 0 spiro atoms. The van der Waals surface area contributed by atoms with Gasteiger partial charge in [0.15, 0.2) is 5.76 Å². The van der Waals surface area contributed by atoms with Crippen molar-refractivity contribution in [1.82, 2.24) is 0 Å².